The Hall–Kier alpha value is -3.08. The Labute approximate surface area is 140 Å². The van der Waals surface area contributed by atoms with Crippen LogP contribution in [0.15, 0.2) is 59.1 Å². The highest BCUT2D eigenvalue weighted by molar-refractivity contribution is 5.92. The molecule has 1 amide bonds. The van der Waals surface area contributed by atoms with Gasteiger partial charge in [0, 0.05) is 17.3 Å². The van der Waals surface area contributed by atoms with E-state index in [1.165, 1.54) is 0 Å². The van der Waals surface area contributed by atoms with Crippen molar-refractivity contribution in [2.45, 2.75) is 13.3 Å². The van der Waals surface area contributed by atoms with Crippen molar-refractivity contribution in [3.63, 3.8) is 0 Å². The van der Waals surface area contributed by atoms with Crippen molar-refractivity contribution in [3.8, 4) is 16.9 Å². The Bertz CT molecular complexity index is 855. The summed E-state index contributed by atoms with van der Waals surface area (Å²) in [6.07, 6.45) is 0.153. The quantitative estimate of drug-likeness (QED) is 0.775. The second kappa shape index (κ2) is 7.00. The van der Waals surface area contributed by atoms with Gasteiger partial charge in [-0.15, -0.1) is 0 Å². The molecule has 0 bridgehead atoms. The SMILES string of the molecule is COc1ccccc1-c1cccc(NC(=O)Cc2cc(C)no2)c1. The third-order valence-electron chi connectivity index (χ3n) is 3.58. The van der Waals surface area contributed by atoms with Gasteiger partial charge < -0.3 is 14.6 Å². The first-order chi connectivity index (χ1) is 11.7. The number of hydrogen-bond donors (Lipinski definition) is 1. The molecule has 3 rings (SSSR count). The molecule has 0 atom stereocenters. The van der Waals surface area contributed by atoms with Crippen molar-refractivity contribution in [2.75, 3.05) is 12.4 Å². The van der Waals surface area contributed by atoms with Crippen LogP contribution in [0.4, 0.5) is 5.69 Å². The number of amides is 1. The van der Waals surface area contributed by atoms with Gasteiger partial charge in [-0.3, -0.25) is 4.79 Å². The second-order valence-corrected chi connectivity index (χ2v) is 5.44. The van der Waals surface area contributed by atoms with E-state index in [0.717, 1.165) is 28.3 Å². The van der Waals surface area contributed by atoms with Crippen LogP contribution in [0.25, 0.3) is 11.1 Å². The minimum atomic E-state index is -0.150. The fourth-order valence-corrected chi connectivity index (χ4v) is 2.51. The number of rotatable bonds is 5. The molecule has 5 nitrogen and oxygen atoms in total. The molecule has 5 heteroatoms. The first-order valence-electron chi connectivity index (χ1n) is 7.61. The second-order valence-electron chi connectivity index (χ2n) is 5.44. The normalized spacial score (nSPS) is 10.4. The van der Waals surface area contributed by atoms with E-state index in [9.17, 15) is 4.79 Å². The lowest BCUT2D eigenvalue weighted by atomic mass is 10.0. The van der Waals surface area contributed by atoms with Gasteiger partial charge in [-0.1, -0.05) is 35.5 Å². The van der Waals surface area contributed by atoms with E-state index in [4.69, 9.17) is 9.26 Å². The summed E-state index contributed by atoms with van der Waals surface area (Å²) in [5.41, 5.74) is 3.43. The Morgan fingerprint density at radius 1 is 1.17 bits per heavy atom. The Morgan fingerprint density at radius 3 is 2.75 bits per heavy atom. The third kappa shape index (κ3) is 3.63. The maximum absolute atomic E-state index is 12.1. The molecule has 0 aliphatic carbocycles. The minimum absolute atomic E-state index is 0.150. The highest BCUT2D eigenvalue weighted by Gasteiger charge is 2.10. The molecule has 0 radical (unpaired) electrons. The standard InChI is InChI=1S/C19H18N2O3/c1-13-10-16(24-21-13)12-19(22)20-15-7-5-6-14(11-15)17-8-3-4-9-18(17)23-2/h3-11H,12H2,1-2H3,(H,20,22). The molecule has 24 heavy (non-hydrogen) atoms. The van der Waals surface area contributed by atoms with Crippen molar-refractivity contribution >= 4 is 11.6 Å². The number of anilines is 1. The van der Waals surface area contributed by atoms with Crippen LogP contribution in [0.1, 0.15) is 11.5 Å². The number of nitrogens with one attached hydrogen (secondary N) is 1. The number of carbonyl (C=O) groups excluding carboxylic acids is 1. The summed E-state index contributed by atoms with van der Waals surface area (Å²) >= 11 is 0. The predicted molar refractivity (Wildman–Crippen MR) is 92.0 cm³/mol. The van der Waals surface area contributed by atoms with Crippen LogP contribution in [0.5, 0.6) is 5.75 Å². The number of aromatic nitrogens is 1. The molecular formula is C19H18N2O3. The summed E-state index contributed by atoms with van der Waals surface area (Å²) in [4.78, 5) is 12.1. The van der Waals surface area contributed by atoms with E-state index in [-0.39, 0.29) is 12.3 Å². The molecule has 0 saturated heterocycles. The van der Waals surface area contributed by atoms with Gasteiger partial charge in [0.25, 0.3) is 0 Å². The van der Waals surface area contributed by atoms with Gasteiger partial charge in [0.05, 0.1) is 19.2 Å². The summed E-state index contributed by atoms with van der Waals surface area (Å²) in [6, 6.07) is 17.2. The molecule has 0 aliphatic rings. The van der Waals surface area contributed by atoms with Gasteiger partial charge >= 0.3 is 0 Å². The molecule has 3 aromatic rings. The van der Waals surface area contributed by atoms with Crippen LogP contribution in [0.2, 0.25) is 0 Å². The number of nitrogens with zero attached hydrogens (tertiary/aromatic N) is 1. The maximum atomic E-state index is 12.1. The summed E-state index contributed by atoms with van der Waals surface area (Å²) in [5, 5.41) is 6.66. The van der Waals surface area contributed by atoms with Crippen molar-refractivity contribution in [2.24, 2.45) is 0 Å². The summed E-state index contributed by atoms with van der Waals surface area (Å²) in [6.45, 7) is 1.82. The van der Waals surface area contributed by atoms with Gasteiger partial charge in [-0.25, -0.2) is 0 Å². The molecule has 0 saturated carbocycles. The number of benzene rings is 2. The van der Waals surface area contributed by atoms with Gasteiger partial charge in [0.15, 0.2) is 0 Å². The Morgan fingerprint density at radius 2 is 2.00 bits per heavy atom. The number of aryl methyl sites for hydroxylation is 1. The van der Waals surface area contributed by atoms with E-state index in [1.807, 2.05) is 55.5 Å². The van der Waals surface area contributed by atoms with Crippen LogP contribution in [0.3, 0.4) is 0 Å². The van der Waals surface area contributed by atoms with Crippen LogP contribution in [0, 0.1) is 6.92 Å². The van der Waals surface area contributed by atoms with Gasteiger partial charge in [-0.2, -0.15) is 0 Å². The number of hydrogen-bond acceptors (Lipinski definition) is 4. The van der Waals surface area contributed by atoms with E-state index in [0.29, 0.717) is 5.76 Å². The monoisotopic (exact) mass is 322 g/mol. The summed E-state index contributed by atoms with van der Waals surface area (Å²) in [7, 11) is 1.64. The predicted octanol–water partition coefficient (Wildman–Crippen LogP) is 3.84. The number of carbonyl (C=O) groups is 1. The molecule has 2 aromatic carbocycles. The van der Waals surface area contributed by atoms with E-state index in [1.54, 1.807) is 13.2 Å². The zero-order valence-corrected chi connectivity index (χ0v) is 13.6. The zero-order chi connectivity index (χ0) is 16.9. The molecule has 0 unspecified atom stereocenters. The first-order valence-corrected chi connectivity index (χ1v) is 7.61. The molecule has 0 fully saturated rings. The number of methoxy groups -OCH3 is 1. The number of para-hydroxylation sites is 1. The summed E-state index contributed by atoms with van der Waals surface area (Å²) < 4.78 is 10.5. The molecule has 1 heterocycles. The molecule has 0 spiro atoms. The van der Waals surface area contributed by atoms with Crippen LogP contribution in [-0.2, 0) is 11.2 Å². The van der Waals surface area contributed by atoms with Crippen LogP contribution < -0.4 is 10.1 Å². The Balaban J connectivity index is 1.77. The van der Waals surface area contributed by atoms with Crippen LogP contribution >= 0.6 is 0 Å². The van der Waals surface area contributed by atoms with Gasteiger partial charge in [0.1, 0.15) is 11.5 Å². The fourth-order valence-electron chi connectivity index (χ4n) is 2.51. The van der Waals surface area contributed by atoms with Crippen LogP contribution in [-0.4, -0.2) is 18.2 Å². The van der Waals surface area contributed by atoms with Crippen molar-refractivity contribution in [1.29, 1.82) is 0 Å². The topological polar surface area (TPSA) is 64.4 Å². The first kappa shape index (κ1) is 15.8. The highest BCUT2D eigenvalue weighted by atomic mass is 16.5. The lowest BCUT2D eigenvalue weighted by Crippen LogP contribution is -2.14. The lowest BCUT2D eigenvalue weighted by molar-refractivity contribution is -0.115. The van der Waals surface area contributed by atoms with E-state index >= 15 is 0 Å². The van der Waals surface area contributed by atoms with Crippen molar-refractivity contribution in [3.05, 3.63) is 66.1 Å². The molecular weight excluding hydrogens is 304 g/mol. The molecule has 122 valence electrons. The molecule has 1 aromatic heterocycles. The zero-order valence-electron chi connectivity index (χ0n) is 13.6. The maximum Gasteiger partial charge on any atom is 0.232 e. The van der Waals surface area contributed by atoms with Crippen molar-refractivity contribution in [1.82, 2.24) is 5.16 Å². The van der Waals surface area contributed by atoms with E-state index in [2.05, 4.69) is 10.5 Å². The fraction of sp³-hybridized carbons (Fsp3) is 0.158. The average molecular weight is 322 g/mol. The highest BCUT2D eigenvalue weighted by Crippen LogP contribution is 2.30. The van der Waals surface area contributed by atoms with Gasteiger partial charge in [-0.05, 0) is 30.7 Å². The number of ether oxygens (including phenoxy) is 1. The Kier molecular flexibility index (Phi) is 4.61. The summed E-state index contributed by atoms with van der Waals surface area (Å²) in [5.74, 6) is 1.19. The van der Waals surface area contributed by atoms with Crippen molar-refractivity contribution < 1.29 is 14.1 Å². The van der Waals surface area contributed by atoms with E-state index < -0.39 is 0 Å². The molecule has 0 aliphatic heterocycles. The smallest absolute Gasteiger partial charge is 0.232 e. The third-order valence-corrected chi connectivity index (χ3v) is 3.58. The lowest BCUT2D eigenvalue weighted by Gasteiger charge is -2.10. The molecule has 1 N–H and O–H groups in total. The van der Waals surface area contributed by atoms with Gasteiger partial charge in [0.2, 0.25) is 5.91 Å². The largest absolute Gasteiger partial charge is 0.496 e. The minimum Gasteiger partial charge on any atom is -0.496 e. The average Bonchev–Trinajstić information content (AvgIpc) is 2.99.